The minimum atomic E-state index is -0.657. The Kier molecular flexibility index (Phi) is 5.75. The van der Waals surface area contributed by atoms with E-state index in [1.165, 1.54) is 10.9 Å². The van der Waals surface area contributed by atoms with Crippen LogP contribution in [0.5, 0.6) is 0 Å². The molecule has 0 fully saturated rings. The Bertz CT molecular complexity index is 960. The zero-order valence-electron chi connectivity index (χ0n) is 16.3. The van der Waals surface area contributed by atoms with Gasteiger partial charge in [0.2, 0.25) is 0 Å². The normalized spacial score (nSPS) is 13.3. The first kappa shape index (κ1) is 20.1. The van der Waals surface area contributed by atoms with Crippen molar-refractivity contribution >= 4 is 26.8 Å². The van der Waals surface area contributed by atoms with E-state index in [2.05, 4.69) is 64.5 Å². The maximum Gasteiger partial charge on any atom is 0.0938 e. The van der Waals surface area contributed by atoms with Crippen LogP contribution >= 0.6 is 15.9 Å². The van der Waals surface area contributed by atoms with Crippen LogP contribution in [-0.2, 0) is 13.0 Å². The van der Waals surface area contributed by atoms with Gasteiger partial charge in [-0.2, -0.15) is 0 Å². The average molecular weight is 431 g/mol. The largest absolute Gasteiger partial charge is 0.396 e. The third-order valence-electron chi connectivity index (χ3n) is 5.02. The molecular weight excluding hydrogens is 404 g/mol. The van der Waals surface area contributed by atoms with Gasteiger partial charge >= 0.3 is 0 Å². The first-order valence-corrected chi connectivity index (χ1v) is 10.1. The summed E-state index contributed by atoms with van der Waals surface area (Å²) < 4.78 is 3.31. The van der Waals surface area contributed by atoms with Gasteiger partial charge in [0.05, 0.1) is 17.5 Å². The van der Waals surface area contributed by atoms with Crippen LogP contribution in [0.3, 0.4) is 0 Å². The lowest BCUT2D eigenvalue weighted by atomic mass is 9.84. The van der Waals surface area contributed by atoms with E-state index in [9.17, 15) is 10.2 Å². The van der Waals surface area contributed by atoms with Crippen LogP contribution in [0, 0.1) is 5.41 Å². The molecule has 0 bridgehead atoms. The predicted octanol–water partition coefficient (Wildman–Crippen LogP) is 5.10. The number of nitrogens with zero attached hydrogens (tertiary/aromatic N) is 2. The summed E-state index contributed by atoms with van der Waals surface area (Å²) in [5, 5.41) is 21.4. The lowest BCUT2D eigenvalue weighted by Crippen LogP contribution is -2.20. The Hall–Kier alpha value is -1.69. The minimum absolute atomic E-state index is 0.107. The van der Waals surface area contributed by atoms with Crippen molar-refractivity contribution < 1.29 is 10.2 Å². The smallest absolute Gasteiger partial charge is 0.0938 e. The van der Waals surface area contributed by atoms with Gasteiger partial charge in [-0.15, -0.1) is 0 Å². The molecule has 0 aliphatic rings. The second kappa shape index (κ2) is 7.74. The number of aliphatic hydroxyl groups excluding tert-OH is 2. The fourth-order valence-corrected chi connectivity index (χ4v) is 4.06. The number of hydrogen-bond donors (Lipinski definition) is 2. The zero-order chi connectivity index (χ0) is 19.8. The van der Waals surface area contributed by atoms with Crippen LogP contribution in [0.15, 0.2) is 41.0 Å². The van der Waals surface area contributed by atoms with Gasteiger partial charge in [0.15, 0.2) is 0 Å². The van der Waals surface area contributed by atoms with E-state index in [0.29, 0.717) is 5.69 Å². The number of rotatable bonds is 6. The van der Waals surface area contributed by atoms with Crippen molar-refractivity contribution in [2.45, 2.75) is 46.8 Å². The average Bonchev–Trinajstić information content (AvgIpc) is 2.93. The van der Waals surface area contributed by atoms with Crippen molar-refractivity contribution in [3.63, 3.8) is 0 Å². The highest BCUT2D eigenvalue weighted by Gasteiger charge is 2.27. The van der Waals surface area contributed by atoms with Crippen molar-refractivity contribution in [2.24, 2.45) is 5.41 Å². The van der Waals surface area contributed by atoms with Gasteiger partial charge in [-0.1, -0.05) is 29.8 Å². The topological polar surface area (TPSA) is 58.3 Å². The molecule has 1 atom stereocenters. The summed E-state index contributed by atoms with van der Waals surface area (Å²) >= 11 is 3.60. The Morgan fingerprint density at radius 2 is 2.00 bits per heavy atom. The molecular formula is C22H27BrN2O2. The molecule has 1 aromatic carbocycles. The fourth-order valence-electron chi connectivity index (χ4n) is 3.70. The number of aliphatic hydroxyl groups is 2. The molecule has 0 saturated carbocycles. The van der Waals surface area contributed by atoms with Crippen molar-refractivity contribution in [3.8, 4) is 11.3 Å². The van der Waals surface area contributed by atoms with E-state index in [1.54, 1.807) is 13.1 Å². The molecule has 144 valence electrons. The summed E-state index contributed by atoms with van der Waals surface area (Å²) in [5.74, 6) is 0. The number of hydrogen-bond acceptors (Lipinski definition) is 3. The number of halogens is 1. The SMILES string of the molecule is CCn1c(-c2cccnc2[C@H](C)O)c(CC(C)(C)CO)c2cc(Br)ccc21. The summed E-state index contributed by atoms with van der Waals surface area (Å²) in [6.45, 7) is 8.94. The van der Waals surface area contributed by atoms with Gasteiger partial charge in [0, 0.05) is 40.3 Å². The van der Waals surface area contributed by atoms with Crippen LogP contribution in [0.2, 0.25) is 0 Å². The van der Waals surface area contributed by atoms with E-state index in [-0.39, 0.29) is 12.0 Å². The number of aromatic nitrogens is 2. The molecule has 0 radical (unpaired) electrons. The summed E-state index contributed by atoms with van der Waals surface area (Å²) in [5.41, 5.74) is 4.79. The van der Waals surface area contributed by atoms with Crippen LogP contribution < -0.4 is 0 Å². The number of pyridine rings is 1. The van der Waals surface area contributed by atoms with Crippen molar-refractivity contribution in [1.29, 1.82) is 0 Å². The molecule has 5 heteroatoms. The van der Waals surface area contributed by atoms with Gasteiger partial charge in [0.1, 0.15) is 0 Å². The van der Waals surface area contributed by atoms with E-state index in [1.807, 2.05) is 12.1 Å². The molecule has 2 heterocycles. The predicted molar refractivity (Wildman–Crippen MR) is 114 cm³/mol. The molecule has 3 rings (SSSR count). The molecule has 3 aromatic rings. The summed E-state index contributed by atoms with van der Waals surface area (Å²) in [6, 6.07) is 10.3. The molecule has 0 amide bonds. The second-order valence-corrected chi connectivity index (χ2v) is 8.76. The van der Waals surface area contributed by atoms with E-state index in [4.69, 9.17) is 0 Å². The molecule has 0 unspecified atom stereocenters. The van der Waals surface area contributed by atoms with Gasteiger partial charge in [-0.05, 0) is 61.6 Å². The summed E-state index contributed by atoms with van der Waals surface area (Å²) in [7, 11) is 0. The Balaban J connectivity index is 2.40. The molecule has 2 N–H and O–H groups in total. The molecule has 0 spiro atoms. The van der Waals surface area contributed by atoms with E-state index >= 15 is 0 Å². The first-order valence-electron chi connectivity index (χ1n) is 9.34. The van der Waals surface area contributed by atoms with Gasteiger partial charge in [-0.25, -0.2) is 0 Å². The molecule has 2 aromatic heterocycles. The maximum atomic E-state index is 10.3. The highest BCUT2D eigenvalue weighted by Crippen LogP contribution is 2.40. The molecule has 0 aliphatic carbocycles. The lowest BCUT2D eigenvalue weighted by Gasteiger charge is -2.23. The van der Waals surface area contributed by atoms with Gasteiger partial charge in [-0.3, -0.25) is 4.98 Å². The van der Waals surface area contributed by atoms with Crippen molar-refractivity contribution in [3.05, 3.63) is 52.3 Å². The zero-order valence-corrected chi connectivity index (χ0v) is 17.9. The third kappa shape index (κ3) is 3.82. The van der Waals surface area contributed by atoms with Crippen LogP contribution in [-0.4, -0.2) is 26.4 Å². The van der Waals surface area contributed by atoms with Crippen molar-refractivity contribution in [2.75, 3.05) is 6.61 Å². The quantitative estimate of drug-likeness (QED) is 0.571. The first-order chi connectivity index (χ1) is 12.8. The standard InChI is InChI=1S/C22H27BrN2O2/c1-5-25-19-9-8-15(23)11-17(19)18(12-22(3,4)13-26)21(25)16-7-6-10-24-20(16)14(2)27/h6-11,14,26-27H,5,12-13H2,1-4H3/t14-/m0/s1. The Morgan fingerprint density at radius 1 is 1.26 bits per heavy atom. The highest BCUT2D eigenvalue weighted by molar-refractivity contribution is 9.10. The third-order valence-corrected chi connectivity index (χ3v) is 5.51. The van der Waals surface area contributed by atoms with Gasteiger partial charge < -0.3 is 14.8 Å². The lowest BCUT2D eigenvalue weighted by molar-refractivity contribution is 0.160. The monoisotopic (exact) mass is 430 g/mol. The van der Waals surface area contributed by atoms with Crippen molar-refractivity contribution in [1.82, 2.24) is 9.55 Å². The van der Waals surface area contributed by atoms with Crippen LogP contribution in [0.4, 0.5) is 0 Å². The number of aryl methyl sites for hydroxylation is 1. The summed E-state index contributed by atoms with van der Waals surface area (Å²) in [4.78, 5) is 4.45. The fraction of sp³-hybridized carbons (Fsp3) is 0.409. The highest BCUT2D eigenvalue weighted by atomic mass is 79.9. The molecule has 4 nitrogen and oxygen atoms in total. The van der Waals surface area contributed by atoms with Gasteiger partial charge in [0.25, 0.3) is 0 Å². The van der Waals surface area contributed by atoms with Crippen LogP contribution in [0.1, 0.15) is 45.1 Å². The molecule has 27 heavy (non-hydrogen) atoms. The van der Waals surface area contributed by atoms with Crippen LogP contribution in [0.25, 0.3) is 22.2 Å². The maximum absolute atomic E-state index is 10.3. The Labute approximate surface area is 169 Å². The number of fused-ring (bicyclic) bond motifs is 1. The Morgan fingerprint density at radius 3 is 2.63 bits per heavy atom. The van der Waals surface area contributed by atoms with E-state index in [0.717, 1.165) is 34.2 Å². The molecule has 0 aliphatic heterocycles. The minimum Gasteiger partial charge on any atom is -0.396 e. The molecule has 0 saturated heterocycles. The van der Waals surface area contributed by atoms with E-state index < -0.39 is 6.10 Å². The number of benzene rings is 1. The second-order valence-electron chi connectivity index (χ2n) is 7.84. The summed E-state index contributed by atoms with van der Waals surface area (Å²) in [6.07, 6.45) is 1.79.